The van der Waals surface area contributed by atoms with Gasteiger partial charge in [-0.2, -0.15) is 0 Å². The highest BCUT2D eigenvalue weighted by Gasteiger charge is 2.11. The third-order valence-electron chi connectivity index (χ3n) is 10.4. The van der Waals surface area contributed by atoms with Gasteiger partial charge in [0.1, 0.15) is 0 Å². The van der Waals surface area contributed by atoms with Crippen LogP contribution in [-0.2, 0) is 26.2 Å². The second-order valence-corrected chi connectivity index (χ2v) is 15.2. The Morgan fingerprint density at radius 3 is 0.679 bits per heavy atom. The number of hydrogen-bond acceptors (Lipinski definition) is 2. The maximum absolute atomic E-state index is 2.46. The number of anilines is 2. The van der Waals surface area contributed by atoms with Gasteiger partial charge in [0.05, 0.1) is 0 Å². The van der Waals surface area contributed by atoms with Gasteiger partial charge in [-0.25, -0.2) is 0 Å². The van der Waals surface area contributed by atoms with E-state index in [-0.39, 0.29) is 0 Å². The normalized spacial score (nSPS) is 11.4. The average Bonchev–Trinajstić information content (AvgIpc) is 3.23. The molecule has 0 aliphatic carbocycles. The summed E-state index contributed by atoms with van der Waals surface area (Å²) in [5, 5.41) is 0. The fourth-order valence-electron chi connectivity index (χ4n) is 6.83. The average molecular weight is 729 g/mol. The lowest BCUT2D eigenvalue weighted by atomic mass is 10.1. The number of benzene rings is 7. The van der Waals surface area contributed by atoms with Crippen LogP contribution in [0.3, 0.4) is 0 Å². The molecule has 0 unspecified atom stereocenters. The van der Waals surface area contributed by atoms with E-state index in [9.17, 15) is 0 Å². The van der Waals surface area contributed by atoms with Gasteiger partial charge in [0.2, 0.25) is 0 Å². The number of hydrogen-bond donors (Lipinski definition) is 0. The van der Waals surface area contributed by atoms with E-state index < -0.39 is 0 Å². The number of aryl methyl sites for hydroxylation is 4. The molecule has 7 aromatic rings. The predicted octanol–water partition coefficient (Wildman–Crippen LogP) is 13.7. The van der Waals surface area contributed by atoms with Gasteiger partial charge in [0, 0.05) is 37.6 Å². The Labute approximate surface area is 334 Å². The van der Waals surface area contributed by atoms with E-state index in [1.54, 1.807) is 0 Å². The van der Waals surface area contributed by atoms with E-state index in [0.29, 0.717) is 0 Å². The van der Waals surface area contributed by atoms with Crippen LogP contribution < -0.4 is 9.80 Å². The first-order chi connectivity index (χ1) is 27.3. The van der Waals surface area contributed by atoms with Gasteiger partial charge >= 0.3 is 0 Å². The van der Waals surface area contributed by atoms with Gasteiger partial charge in [-0.1, -0.05) is 192 Å². The zero-order valence-corrected chi connectivity index (χ0v) is 33.2. The van der Waals surface area contributed by atoms with Crippen molar-refractivity contribution in [2.75, 3.05) is 9.80 Å². The summed E-state index contributed by atoms with van der Waals surface area (Å²) in [4.78, 5) is 4.91. The summed E-state index contributed by atoms with van der Waals surface area (Å²) in [6.45, 7) is 12.0. The summed E-state index contributed by atoms with van der Waals surface area (Å²) in [7, 11) is 0. The monoisotopic (exact) mass is 728 g/mol. The van der Waals surface area contributed by atoms with Crippen molar-refractivity contribution in [3.63, 3.8) is 0 Å². The van der Waals surface area contributed by atoms with Gasteiger partial charge in [-0.3, -0.25) is 0 Å². The van der Waals surface area contributed by atoms with E-state index >= 15 is 0 Å². The van der Waals surface area contributed by atoms with Crippen LogP contribution in [-0.4, -0.2) is 0 Å². The van der Waals surface area contributed by atoms with Crippen LogP contribution in [0.5, 0.6) is 0 Å². The summed E-state index contributed by atoms with van der Waals surface area (Å²) in [6, 6.07) is 62.1. The Bertz CT molecular complexity index is 2060. The van der Waals surface area contributed by atoms with Gasteiger partial charge in [-0.15, -0.1) is 0 Å². The first kappa shape index (κ1) is 37.9. The van der Waals surface area contributed by atoms with E-state index in [0.717, 1.165) is 26.2 Å². The van der Waals surface area contributed by atoms with Crippen molar-refractivity contribution < 1.29 is 0 Å². The molecular weight excluding hydrogens is 677 g/mol. The smallest absolute Gasteiger partial charge is 0.0433 e. The third kappa shape index (κ3) is 10.9. The lowest BCUT2D eigenvalue weighted by molar-refractivity contribution is 0.799. The molecule has 56 heavy (non-hydrogen) atoms. The predicted molar refractivity (Wildman–Crippen MR) is 242 cm³/mol. The van der Waals surface area contributed by atoms with E-state index in [1.807, 2.05) is 0 Å². The molecule has 0 atom stereocenters. The topological polar surface area (TPSA) is 6.48 Å². The van der Waals surface area contributed by atoms with Crippen LogP contribution >= 0.6 is 0 Å². The van der Waals surface area contributed by atoms with Crippen LogP contribution in [0.25, 0.3) is 24.3 Å². The Kier molecular flexibility index (Phi) is 12.4. The highest BCUT2D eigenvalue weighted by atomic mass is 15.1. The number of rotatable bonds is 14. The van der Waals surface area contributed by atoms with Crippen LogP contribution in [0, 0.1) is 27.7 Å². The molecule has 0 aliphatic rings. The van der Waals surface area contributed by atoms with Crippen molar-refractivity contribution in [2.24, 2.45) is 0 Å². The Morgan fingerprint density at radius 1 is 0.268 bits per heavy atom. The van der Waals surface area contributed by atoms with E-state index in [2.05, 4.69) is 232 Å². The summed E-state index contributed by atoms with van der Waals surface area (Å²) in [6.07, 6.45) is 8.77. The molecule has 0 saturated carbocycles. The molecule has 0 fully saturated rings. The highest BCUT2D eigenvalue weighted by Crippen LogP contribution is 2.25. The quantitative estimate of drug-likeness (QED) is 0.103. The molecule has 0 aromatic heterocycles. The molecule has 0 N–H and O–H groups in total. The Morgan fingerprint density at radius 2 is 0.464 bits per heavy atom. The van der Waals surface area contributed by atoms with E-state index in [1.165, 1.54) is 78.1 Å². The van der Waals surface area contributed by atoms with Crippen molar-refractivity contribution in [3.8, 4) is 0 Å². The summed E-state index contributed by atoms with van der Waals surface area (Å²) >= 11 is 0. The first-order valence-electron chi connectivity index (χ1n) is 19.7. The highest BCUT2D eigenvalue weighted by molar-refractivity contribution is 5.74. The third-order valence-corrected chi connectivity index (χ3v) is 10.4. The minimum absolute atomic E-state index is 0.858. The van der Waals surface area contributed by atoms with Crippen LogP contribution in [0.1, 0.15) is 66.8 Å². The Hall–Kier alpha value is -6.38. The molecule has 7 aromatic carbocycles. The van der Waals surface area contributed by atoms with Gasteiger partial charge in [-0.05, 0) is 96.5 Å². The van der Waals surface area contributed by atoms with Gasteiger partial charge < -0.3 is 9.80 Å². The van der Waals surface area contributed by atoms with E-state index in [4.69, 9.17) is 0 Å². The fraction of sp³-hybridized carbons (Fsp3) is 0.148. The maximum atomic E-state index is 2.46. The summed E-state index contributed by atoms with van der Waals surface area (Å²) < 4.78 is 0. The lowest BCUT2D eigenvalue weighted by Crippen LogP contribution is -2.22. The molecule has 0 amide bonds. The van der Waals surface area contributed by atoms with Crippen molar-refractivity contribution in [1.82, 2.24) is 0 Å². The molecule has 0 saturated heterocycles. The maximum Gasteiger partial charge on any atom is 0.0433 e. The minimum Gasteiger partial charge on any atom is -0.363 e. The van der Waals surface area contributed by atoms with Crippen LogP contribution in [0.4, 0.5) is 11.4 Å². The van der Waals surface area contributed by atoms with Crippen LogP contribution in [0.15, 0.2) is 170 Å². The summed E-state index contributed by atoms with van der Waals surface area (Å²) in [5.74, 6) is 0. The minimum atomic E-state index is 0.858. The molecule has 278 valence electrons. The first-order valence-corrected chi connectivity index (χ1v) is 19.7. The standard InChI is InChI=1S/C54H52N2/c1-41-5-13-49(14-6-41)37-55(38-50-15-7-42(2)8-16-50)53-33-29-47(30-34-53)27-25-45-21-23-46(24-22-45)26-28-48-31-35-54(36-32-48)56(39-51-17-9-43(3)10-18-51)40-52-19-11-44(4)12-20-52/h5-36H,37-40H2,1-4H3. The largest absolute Gasteiger partial charge is 0.363 e. The molecule has 0 aliphatic heterocycles. The fourth-order valence-corrected chi connectivity index (χ4v) is 6.83. The Balaban J connectivity index is 0.980. The lowest BCUT2D eigenvalue weighted by Gasteiger charge is -2.25. The second kappa shape index (κ2) is 18.3. The molecule has 0 spiro atoms. The van der Waals surface area contributed by atoms with Crippen molar-refractivity contribution in [1.29, 1.82) is 0 Å². The molecule has 2 heteroatoms. The molecule has 7 rings (SSSR count). The second-order valence-electron chi connectivity index (χ2n) is 15.2. The molecule has 0 radical (unpaired) electrons. The van der Waals surface area contributed by atoms with Crippen LogP contribution in [0.2, 0.25) is 0 Å². The molecule has 0 bridgehead atoms. The molecular formula is C54H52N2. The summed E-state index contributed by atoms with van der Waals surface area (Å²) in [5.41, 5.74) is 17.6. The zero-order chi connectivity index (χ0) is 38.7. The number of nitrogens with zero attached hydrogens (tertiary/aromatic N) is 2. The zero-order valence-electron chi connectivity index (χ0n) is 33.2. The van der Waals surface area contributed by atoms with Crippen molar-refractivity contribution >= 4 is 35.7 Å². The molecule has 2 nitrogen and oxygen atoms in total. The van der Waals surface area contributed by atoms with Crippen molar-refractivity contribution in [3.05, 3.63) is 237 Å². The SMILES string of the molecule is Cc1ccc(CN(Cc2ccc(C)cc2)c2ccc(C=Cc3ccc(C=Cc4ccc(N(Cc5ccc(C)cc5)Cc5ccc(C)cc5)cc4)cc3)cc2)cc1. The van der Waals surface area contributed by atoms with Gasteiger partial charge in [0.25, 0.3) is 0 Å². The van der Waals surface area contributed by atoms with Crippen molar-refractivity contribution in [2.45, 2.75) is 53.9 Å². The molecule has 0 heterocycles. The van der Waals surface area contributed by atoms with Gasteiger partial charge in [0.15, 0.2) is 0 Å².